The van der Waals surface area contributed by atoms with Crippen LogP contribution >= 0.6 is 0 Å². The van der Waals surface area contributed by atoms with E-state index in [1.165, 1.54) is 12.1 Å². The van der Waals surface area contributed by atoms with Crippen molar-refractivity contribution in [2.75, 3.05) is 23.0 Å². The lowest BCUT2D eigenvalue weighted by atomic mass is 10.1. The third-order valence-corrected chi connectivity index (χ3v) is 7.25. The Kier molecular flexibility index (Phi) is 7.96. The second kappa shape index (κ2) is 10.7. The first-order chi connectivity index (χ1) is 16.5. The number of para-hydroxylation sites is 1. The molecule has 1 N–H and O–H groups in total. The highest BCUT2D eigenvalue weighted by molar-refractivity contribution is 7.91. The van der Waals surface area contributed by atoms with Crippen molar-refractivity contribution in [3.8, 4) is 5.75 Å². The van der Waals surface area contributed by atoms with Crippen LogP contribution in [0.2, 0.25) is 0 Å². The van der Waals surface area contributed by atoms with Gasteiger partial charge in [0.25, 0.3) is 5.91 Å². The maximum Gasteiger partial charge on any atom is 0.270 e. The number of anilines is 2. The van der Waals surface area contributed by atoms with E-state index in [0.29, 0.717) is 17.0 Å². The Morgan fingerprint density at radius 3 is 2.09 bits per heavy atom. The zero-order valence-corrected chi connectivity index (χ0v) is 21.1. The Balaban J connectivity index is 1.58. The van der Waals surface area contributed by atoms with Crippen molar-refractivity contribution >= 4 is 33.0 Å². The zero-order valence-electron chi connectivity index (χ0n) is 20.3. The number of likely N-dealkylation sites (N-methyl/N-ethyl adjacent to an activating group) is 1. The fourth-order valence-corrected chi connectivity index (χ4v) is 4.37. The normalized spacial score (nSPS) is 11.5. The van der Waals surface area contributed by atoms with E-state index < -0.39 is 15.4 Å². The van der Waals surface area contributed by atoms with E-state index in [-0.39, 0.29) is 28.9 Å². The van der Waals surface area contributed by atoms with Crippen molar-refractivity contribution in [3.05, 3.63) is 84.4 Å². The minimum absolute atomic E-state index is 0.0294. The maximum atomic E-state index is 13.0. The standard InChI is InChI=1S/C27H30N2O5S/c1-5-35(32,33)24-17-11-20(12-18-24)19-25(30)28-21-13-15-23(16-14-21)34-27(2,3)26(31)29(4)22-9-7-6-8-10-22/h6-18H,5,19H2,1-4H3,(H,28,30). The van der Waals surface area contributed by atoms with Crippen LogP contribution in [0.25, 0.3) is 0 Å². The highest BCUT2D eigenvalue weighted by Gasteiger charge is 2.33. The van der Waals surface area contributed by atoms with Crippen molar-refractivity contribution in [3.63, 3.8) is 0 Å². The number of ether oxygens (including phenoxy) is 1. The van der Waals surface area contributed by atoms with Crippen LogP contribution < -0.4 is 15.0 Å². The summed E-state index contributed by atoms with van der Waals surface area (Å²) >= 11 is 0. The lowest BCUT2D eigenvalue weighted by molar-refractivity contribution is -0.131. The van der Waals surface area contributed by atoms with Crippen molar-refractivity contribution < 1.29 is 22.7 Å². The molecule has 3 rings (SSSR count). The van der Waals surface area contributed by atoms with Gasteiger partial charge in [-0.05, 0) is 67.9 Å². The first-order valence-electron chi connectivity index (χ1n) is 11.3. The van der Waals surface area contributed by atoms with Crippen molar-refractivity contribution in [2.24, 2.45) is 0 Å². The van der Waals surface area contributed by atoms with Gasteiger partial charge in [0.1, 0.15) is 5.75 Å². The second-order valence-electron chi connectivity index (χ2n) is 8.61. The van der Waals surface area contributed by atoms with E-state index in [2.05, 4.69) is 5.32 Å². The number of rotatable bonds is 9. The number of nitrogens with one attached hydrogen (secondary N) is 1. The van der Waals surface area contributed by atoms with E-state index in [0.717, 1.165) is 5.69 Å². The molecule has 3 aromatic carbocycles. The fraction of sp³-hybridized carbons (Fsp3) is 0.259. The zero-order chi connectivity index (χ0) is 25.6. The number of benzene rings is 3. The summed E-state index contributed by atoms with van der Waals surface area (Å²) in [6.45, 7) is 5.01. The molecule has 35 heavy (non-hydrogen) atoms. The summed E-state index contributed by atoms with van der Waals surface area (Å²) in [5.74, 6) is 0.0980. The van der Waals surface area contributed by atoms with Gasteiger partial charge in [0.05, 0.1) is 17.1 Å². The molecule has 0 saturated carbocycles. The Labute approximate surface area is 206 Å². The minimum Gasteiger partial charge on any atom is -0.478 e. The molecule has 8 heteroatoms. The van der Waals surface area contributed by atoms with Gasteiger partial charge in [0.2, 0.25) is 5.91 Å². The van der Waals surface area contributed by atoms with Crippen LogP contribution in [0.4, 0.5) is 11.4 Å². The lowest BCUT2D eigenvalue weighted by Gasteiger charge is -2.30. The number of carbonyl (C=O) groups excluding carboxylic acids is 2. The fourth-order valence-electron chi connectivity index (χ4n) is 3.49. The van der Waals surface area contributed by atoms with Crippen LogP contribution in [0.15, 0.2) is 83.8 Å². The highest BCUT2D eigenvalue weighted by Crippen LogP contribution is 2.24. The van der Waals surface area contributed by atoms with Crippen LogP contribution in [0, 0.1) is 0 Å². The third kappa shape index (κ3) is 6.70. The summed E-state index contributed by atoms with van der Waals surface area (Å²) in [5, 5.41) is 2.81. The Morgan fingerprint density at radius 2 is 1.51 bits per heavy atom. The van der Waals surface area contributed by atoms with Crippen LogP contribution in [0.3, 0.4) is 0 Å². The Hall–Kier alpha value is -3.65. The van der Waals surface area contributed by atoms with Crippen LogP contribution in [0.5, 0.6) is 5.75 Å². The third-order valence-electron chi connectivity index (χ3n) is 5.50. The molecule has 0 bridgehead atoms. The minimum atomic E-state index is -3.27. The van der Waals surface area contributed by atoms with Gasteiger partial charge in [-0.15, -0.1) is 0 Å². The predicted molar refractivity (Wildman–Crippen MR) is 138 cm³/mol. The predicted octanol–water partition coefficient (Wildman–Crippen LogP) is 4.48. The molecule has 0 saturated heterocycles. The monoisotopic (exact) mass is 494 g/mol. The first kappa shape index (κ1) is 26.0. The van der Waals surface area contributed by atoms with Gasteiger partial charge in [0.15, 0.2) is 15.4 Å². The van der Waals surface area contributed by atoms with E-state index in [4.69, 9.17) is 4.74 Å². The van der Waals surface area contributed by atoms with Crippen molar-refractivity contribution in [1.82, 2.24) is 0 Å². The van der Waals surface area contributed by atoms with E-state index in [1.54, 1.807) is 69.1 Å². The molecule has 0 radical (unpaired) electrons. The second-order valence-corrected chi connectivity index (χ2v) is 10.9. The van der Waals surface area contributed by atoms with Gasteiger partial charge >= 0.3 is 0 Å². The van der Waals surface area contributed by atoms with Crippen molar-refractivity contribution in [2.45, 2.75) is 37.7 Å². The number of carbonyl (C=O) groups is 2. The summed E-state index contributed by atoms with van der Waals surface area (Å²) in [6.07, 6.45) is 0.109. The summed E-state index contributed by atoms with van der Waals surface area (Å²) in [4.78, 5) is 27.2. The summed E-state index contributed by atoms with van der Waals surface area (Å²) in [6, 6.07) is 22.4. The SMILES string of the molecule is CCS(=O)(=O)c1ccc(CC(=O)Nc2ccc(OC(C)(C)C(=O)N(C)c3ccccc3)cc2)cc1. The van der Waals surface area contributed by atoms with Crippen LogP contribution in [-0.4, -0.2) is 38.6 Å². The molecule has 0 aliphatic rings. The Bertz CT molecular complexity index is 1270. The molecule has 7 nitrogen and oxygen atoms in total. The van der Waals surface area contributed by atoms with Gasteiger partial charge in [-0.3, -0.25) is 9.59 Å². The summed E-state index contributed by atoms with van der Waals surface area (Å²) in [5.41, 5.74) is 0.958. The van der Waals surface area contributed by atoms with Gasteiger partial charge in [-0.2, -0.15) is 0 Å². The number of nitrogens with zero attached hydrogens (tertiary/aromatic N) is 1. The Morgan fingerprint density at radius 1 is 0.914 bits per heavy atom. The molecule has 0 spiro atoms. The van der Waals surface area contributed by atoms with Crippen molar-refractivity contribution in [1.29, 1.82) is 0 Å². The number of amides is 2. The molecule has 0 heterocycles. The molecule has 0 aliphatic carbocycles. The molecule has 0 unspecified atom stereocenters. The van der Waals surface area contributed by atoms with E-state index in [1.807, 2.05) is 30.3 Å². The van der Waals surface area contributed by atoms with Gasteiger partial charge in [0, 0.05) is 18.4 Å². The quantitative estimate of drug-likeness (QED) is 0.473. The van der Waals surface area contributed by atoms with Crippen LogP contribution in [0.1, 0.15) is 26.3 Å². The smallest absolute Gasteiger partial charge is 0.270 e. The largest absolute Gasteiger partial charge is 0.478 e. The van der Waals surface area contributed by atoms with Gasteiger partial charge in [-0.1, -0.05) is 37.3 Å². The topological polar surface area (TPSA) is 92.8 Å². The maximum absolute atomic E-state index is 13.0. The average Bonchev–Trinajstić information content (AvgIpc) is 2.85. The van der Waals surface area contributed by atoms with Gasteiger partial charge < -0.3 is 15.0 Å². The lowest BCUT2D eigenvalue weighted by Crippen LogP contribution is -2.47. The van der Waals surface area contributed by atoms with Crippen LogP contribution in [-0.2, 0) is 25.8 Å². The average molecular weight is 495 g/mol. The van der Waals surface area contributed by atoms with E-state index in [9.17, 15) is 18.0 Å². The highest BCUT2D eigenvalue weighted by atomic mass is 32.2. The molecule has 0 aromatic heterocycles. The number of hydrogen-bond donors (Lipinski definition) is 1. The number of sulfone groups is 1. The first-order valence-corrected chi connectivity index (χ1v) is 12.9. The molecule has 0 aliphatic heterocycles. The molecule has 2 amide bonds. The van der Waals surface area contributed by atoms with E-state index >= 15 is 0 Å². The summed E-state index contributed by atoms with van der Waals surface area (Å²) < 4.78 is 29.8. The molecular formula is C27H30N2O5S. The molecule has 0 atom stereocenters. The number of hydrogen-bond acceptors (Lipinski definition) is 5. The molecule has 0 fully saturated rings. The molecule has 3 aromatic rings. The van der Waals surface area contributed by atoms with Gasteiger partial charge in [-0.25, -0.2) is 8.42 Å². The molecular weight excluding hydrogens is 464 g/mol. The summed E-state index contributed by atoms with van der Waals surface area (Å²) in [7, 11) is -1.56. The molecule has 184 valence electrons.